The first-order chi connectivity index (χ1) is 15.2. The number of alkyl carbamates (subject to hydrolysis) is 1. The number of ketones is 1. The summed E-state index contributed by atoms with van der Waals surface area (Å²) in [6, 6.07) is 14.8. The van der Waals surface area contributed by atoms with Crippen molar-refractivity contribution in [2.24, 2.45) is 0 Å². The number of aliphatic hydroxyl groups excluding tert-OH is 1. The van der Waals surface area contributed by atoms with Gasteiger partial charge in [-0.2, -0.15) is 13.2 Å². The number of hydrogen-bond donors (Lipinski definition) is 2. The maximum atomic E-state index is 13.3. The third-order valence-electron chi connectivity index (χ3n) is 5.33. The predicted octanol–water partition coefficient (Wildman–Crippen LogP) is 3.09. The fourth-order valence-corrected chi connectivity index (χ4v) is 3.74. The third-order valence-corrected chi connectivity index (χ3v) is 5.33. The molecule has 2 N–H and O–H groups in total. The van der Waals surface area contributed by atoms with E-state index in [1.54, 1.807) is 54.6 Å². The van der Waals surface area contributed by atoms with Crippen LogP contribution in [0.25, 0.3) is 0 Å². The van der Waals surface area contributed by atoms with Crippen LogP contribution in [0, 0.1) is 0 Å². The molecule has 1 unspecified atom stereocenters. The molecule has 1 saturated heterocycles. The molecule has 172 valence electrons. The van der Waals surface area contributed by atoms with Gasteiger partial charge in [0.15, 0.2) is 11.8 Å². The molecule has 32 heavy (non-hydrogen) atoms. The van der Waals surface area contributed by atoms with Crippen molar-refractivity contribution in [2.75, 3.05) is 13.1 Å². The van der Waals surface area contributed by atoms with Gasteiger partial charge in [0.1, 0.15) is 6.61 Å². The maximum absolute atomic E-state index is 13.3. The molecule has 3 rings (SSSR count). The number of carbonyl (C=O) groups is 2. The lowest BCUT2D eigenvalue weighted by molar-refractivity contribution is -0.181. The largest absolute Gasteiger partial charge is 0.445 e. The minimum Gasteiger partial charge on any atom is -0.445 e. The first-order valence-corrected chi connectivity index (χ1v) is 10.3. The summed E-state index contributed by atoms with van der Waals surface area (Å²) >= 11 is 0. The van der Waals surface area contributed by atoms with Gasteiger partial charge < -0.3 is 15.2 Å². The summed E-state index contributed by atoms with van der Waals surface area (Å²) < 4.78 is 45.1. The number of halogens is 3. The van der Waals surface area contributed by atoms with E-state index in [4.69, 9.17) is 4.74 Å². The average Bonchev–Trinajstić information content (AvgIpc) is 3.13. The minimum atomic E-state index is -4.72. The van der Waals surface area contributed by atoms with E-state index in [1.807, 2.05) is 6.07 Å². The van der Waals surface area contributed by atoms with E-state index >= 15 is 0 Å². The van der Waals surface area contributed by atoms with E-state index < -0.39 is 42.8 Å². The number of rotatable bonds is 8. The highest BCUT2D eigenvalue weighted by atomic mass is 19.4. The molecule has 1 amide bonds. The van der Waals surface area contributed by atoms with Crippen LogP contribution in [0.4, 0.5) is 18.0 Å². The number of nitrogens with one attached hydrogen (secondary N) is 1. The molecule has 0 spiro atoms. The molecule has 1 aliphatic heterocycles. The zero-order valence-electron chi connectivity index (χ0n) is 17.3. The Labute approximate surface area is 184 Å². The van der Waals surface area contributed by atoms with Crippen molar-refractivity contribution >= 4 is 11.9 Å². The van der Waals surface area contributed by atoms with Gasteiger partial charge in [-0.25, -0.2) is 4.79 Å². The van der Waals surface area contributed by atoms with E-state index in [9.17, 15) is 27.9 Å². The van der Waals surface area contributed by atoms with Gasteiger partial charge in [0.2, 0.25) is 0 Å². The van der Waals surface area contributed by atoms with Gasteiger partial charge in [0.05, 0.1) is 12.1 Å². The molecule has 1 aliphatic rings. The lowest BCUT2D eigenvalue weighted by Crippen LogP contribution is -2.53. The van der Waals surface area contributed by atoms with Crippen molar-refractivity contribution in [1.82, 2.24) is 10.2 Å². The fraction of sp³-hybridized carbons (Fsp3) is 0.391. The highest BCUT2D eigenvalue weighted by Gasteiger charge is 2.51. The van der Waals surface area contributed by atoms with Crippen LogP contribution in [0.15, 0.2) is 60.7 Å². The van der Waals surface area contributed by atoms with Crippen LogP contribution in [-0.4, -0.2) is 59.3 Å². The van der Waals surface area contributed by atoms with Crippen molar-refractivity contribution in [3.8, 4) is 0 Å². The van der Waals surface area contributed by atoms with Crippen LogP contribution < -0.4 is 5.32 Å². The second-order valence-electron chi connectivity index (χ2n) is 7.73. The highest BCUT2D eigenvalue weighted by molar-refractivity contribution is 5.87. The monoisotopic (exact) mass is 450 g/mol. The van der Waals surface area contributed by atoms with Crippen LogP contribution in [0.1, 0.15) is 17.5 Å². The summed E-state index contributed by atoms with van der Waals surface area (Å²) in [5.41, 5.74) is 1.55. The quantitative estimate of drug-likeness (QED) is 0.646. The smallest absolute Gasteiger partial charge is 0.411 e. The Hall–Kier alpha value is -2.91. The molecule has 2 aromatic carbocycles. The molecule has 6 nitrogen and oxygen atoms in total. The van der Waals surface area contributed by atoms with Gasteiger partial charge in [-0.15, -0.1) is 0 Å². The number of aliphatic hydroxyl groups is 1. The predicted molar refractivity (Wildman–Crippen MR) is 111 cm³/mol. The zero-order chi connectivity index (χ0) is 23.1. The Balaban J connectivity index is 1.67. The number of Topliss-reactive ketones (excluding diaryl/α,β-unsaturated/α-hetero) is 1. The molecular formula is C23H25F3N2O4. The molecule has 0 radical (unpaired) electrons. The standard InChI is InChI=1S/C23H25F3N2O4/c24-23(25,26)21-19(29)11-12-28(21)14-20(30)18(13-16-7-3-1-4-8-16)27-22(31)32-15-17-9-5-2-6-10-17/h1-10,18,20-21,30H,11-15H2,(H,27,31)/t18-,20+,21?/m0/s1. The van der Waals surface area contributed by atoms with Crippen molar-refractivity contribution in [3.05, 3.63) is 71.8 Å². The van der Waals surface area contributed by atoms with E-state index in [-0.39, 0.29) is 26.0 Å². The van der Waals surface area contributed by atoms with E-state index in [2.05, 4.69) is 5.32 Å². The number of ether oxygens (including phenoxy) is 1. The molecule has 2 aromatic rings. The van der Waals surface area contributed by atoms with Crippen molar-refractivity contribution in [2.45, 2.75) is 43.8 Å². The fourth-order valence-electron chi connectivity index (χ4n) is 3.74. The lowest BCUT2D eigenvalue weighted by atomic mass is 10.0. The van der Waals surface area contributed by atoms with Gasteiger partial charge in [-0.05, 0) is 17.5 Å². The number of nitrogens with zero attached hydrogens (tertiary/aromatic N) is 1. The van der Waals surface area contributed by atoms with Crippen LogP contribution in [0.2, 0.25) is 0 Å². The lowest BCUT2D eigenvalue weighted by Gasteiger charge is -2.31. The number of benzene rings is 2. The third kappa shape index (κ3) is 6.54. The Morgan fingerprint density at radius 3 is 2.28 bits per heavy atom. The second-order valence-corrected chi connectivity index (χ2v) is 7.73. The molecule has 1 heterocycles. The molecule has 0 aliphatic carbocycles. The summed E-state index contributed by atoms with van der Waals surface area (Å²) in [4.78, 5) is 25.0. The first kappa shape index (κ1) is 23.7. The second kappa shape index (κ2) is 10.6. The van der Waals surface area contributed by atoms with Gasteiger partial charge in [0, 0.05) is 19.5 Å². The Kier molecular flexibility index (Phi) is 7.87. The van der Waals surface area contributed by atoms with Gasteiger partial charge in [0.25, 0.3) is 0 Å². The minimum absolute atomic E-state index is 0.0115. The van der Waals surface area contributed by atoms with Crippen molar-refractivity contribution < 1.29 is 32.6 Å². The highest BCUT2D eigenvalue weighted by Crippen LogP contribution is 2.30. The number of hydrogen-bond acceptors (Lipinski definition) is 5. The number of likely N-dealkylation sites (tertiary alicyclic amines) is 1. The van der Waals surface area contributed by atoms with Crippen molar-refractivity contribution in [3.63, 3.8) is 0 Å². The zero-order valence-corrected chi connectivity index (χ0v) is 17.3. The normalized spacial score (nSPS) is 18.9. The molecule has 0 bridgehead atoms. The summed E-state index contributed by atoms with van der Waals surface area (Å²) in [6.45, 7) is -0.499. The SMILES string of the molecule is O=C(N[C@@H](Cc1ccccc1)[C@H](O)CN1CCC(=O)C1C(F)(F)F)OCc1ccccc1. The summed E-state index contributed by atoms with van der Waals surface area (Å²) in [5, 5.41) is 13.3. The van der Waals surface area contributed by atoms with E-state index in [0.717, 1.165) is 16.0 Å². The van der Waals surface area contributed by atoms with Crippen LogP contribution in [0.3, 0.4) is 0 Å². The van der Waals surface area contributed by atoms with Crippen molar-refractivity contribution in [1.29, 1.82) is 0 Å². The first-order valence-electron chi connectivity index (χ1n) is 10.3. The van der Waals surface area contributed by atoms with Gasteiger partial charge in [-0.1, -0.05) is 60.7 Å². The van der Waals surface area contributed by atoms with Gasteiger partial charge in [-0.3, -0.25) is 9.69 Å². The van der Waals surface area contributed by atoms with E-state index in [1.165, 1.54) is 0 Å². The van der Waals surface area contributed by atoms with Crippen LogP contribution in [-0.2, 0) is 22.6 Å². The maximum Gasteiger partial charge on any atom is 0.411 e. The molecule has 0 aromatic heterocycles. The molecule has 9 heteroatoms. The topological polar surface area (TPSA) is 78.9 Å². The molecular weight excluding hydrogens is 425 g/mol. The summed E-state index contributed by atoms with van der Waals surface area (Å²) in [6.07, 6.45) is -6.91. The molecule has 0 saturated carbocycles. The van der Waals surface area contributed by atoms with Gasteiger partial charge >= 0.3 is 12.3 Å². The van der Waals surface area contributed by atoms with Crippen LogP contribution in [0.5, 0.6) is 0 Å². The Morgan fingerprint density at radius 2 is 1.69 bits per heavy atom. The number of amides is 1. The Bertz CT molecular complexity index is 893. The molecule has 1 fully saturated rings. The number of alkyl halides is 3. The Morgan fingerprint density at radius 1 is 1.09 bits per heavy atom. The number of carbonyl (C=O) groups excluding carboxylic acids is 2. The molecule has 3 atom stereocenters. The summed E-state index contributed by atoms with van der Waals surface area (Å²) in [5.74, 6) is -0.917. The van der Waals surface area contributed by atoms with Crippen LogP contribution >= 0.6 is 0 Å². The van der Waals surface area contributed by atoms with E-state index in [0.29, 0.717) is 0 Å². The average molecular weight is 450 g/mol. The number of β-amino-alcohol motifs (C(OH)–C–C–N with tert-alkyl or cyclic N) is 1. The summed E-state index contributed by atoms with van der Waals surface area (Å²) in [7, 11) is 0.